The molecule has 0 N–H and O–H groups in total. The van der Waals surface area contributed by atoms with Crippen molar-refractivity contribution < 1.29 is 18.0 Å². The van der Waals surface area contributed by atoms with Gasteiger partial charge in [0, 0.05) is 10.0 Å². The van der Waals surface area contributed by atoms with Gasteiger partial charge < -0.3 is 0 Å². The number of nitrogens with zero attached hydrogens (tertiary/aromatic N) is 1. The van der Waals surface area contributed by atoms with E-state index in [2.05, 4.69) is 15.9 Å². The zero-order valence-electron chi connectivity index (χ0n) is 8.02. The van der Waals surface area contributed by atoms with E-state index in [9.17, 15) is 18.0 Å². The number of Topliss-reactive ketones (excluding diaryl/α,β-unsaturated/α-hetero) is 1. The Morgan fingerprint density at radius 1 is 1.44 bits per heavy atom. The number of halogens is 4. The molecule has 0 saturated heterocycles. The first-order valence-electron chi connectivity index (χ1n) is 4.09. The predicted octanol–water partition coefficient (Wildman–Crippen LogP) is 3.54. The van der Waals surface area contributed by atoms with Crippen LogP contribution in [0, 0.1) is 11.3 Å². The first kappa shape index (κ1) is 12.7. The Balaban J connectivity index is 3.64. The van der Waals surface area contributed by atoms with Crippen molar-refractivity contribution in [3.05, 3.63) is 33.3 Å². The predicted molar refractivity (Wildman–Crippen MR) is 53.9 cm³/mol. The fraction of sp³-hybridized carbons (Fsp3) is 0.200. The van der Waals surface area contributed by atoms with Crippen LogP contribution < -0.4 is 0 Å². The highest BCUT2D eigenvalue weighted by Gasteiger charge is 2.37. The van der Waals surface area contributed by atoms with E-state index in [0.29, 0.717) is 0 Å². The summed E-state index contributed by atoms with van der Waals surface area (Å²) in [6.45, 7) is 1.04. The van der Waals surface area contributed by atoms with Crippen molar-refractivity contribution in [1.82, 2.24) is 0 Å². The largest absolute Gasteiger partial charge is 0.418 e. The van der Waals surface area contributed by atoms with Gasteiger partial charge in [0.25, 0.3) is 0 Å². The Bertz CT molecular complexity index is 488. The van der Waals surface area contributed by atoms with Crippen LogP contribution in [0.2, 0.25) is 0 Å². The average Bonchev–Trinajstić information content (AvgIpc) is 2.14. The van der Waals surface area contributed by atoms with Crippen LogP contribution in [0.1, 0.15) is 28.4 Å². The number of carbonyl (C=O) groups is 1. The molecule has 0 aliphatic carbocycles. The minimum absolute atomic E-state index is 0.155. The normalized spacial score (nSPS) is 11.0. The SMILES string of the molecule is CC(=O)c1ccc(C#N)c(Br)c1C(F)(F)F. The summed E-state index contributed by atoms with van der Waals surface area (Å²) in [4.78, 5) is 11.1. The maximum atomic E-state index is 12.7. The first-order chi connectivity index (χ1) is 7.29. The molecule has 1 aromatic carbocycles. The van der Waals surface area contributed by atoms with Crippen molar-refractivity contribution >= 4 is 21.7 Å². The van der Waals surface area contributed by atoms with E-state index in [1.54, 1.807) is 6.07 Å². The van der Waals surface area contributed by atoms with Crippen molar-refractivity contribution in [3.63, 3.8) is 0 Å². The van der Waals surface area contributed by atoms with Crippen molar-refractivity contribution in [2.24, 2.45) is 0 Å². The highest BCUT2D eigenvalue weighted by atomic mass is 79.9. The van der Waals surface area contributed by atoms with Gasteiger partial charge in [-0.2, -0.15) is 18.4 Å². The van der Waals surface area contributed by atoms with Gasteiger partial charge in [0.15, 0.2) is 5.78 Å². The molecule has 1 aromatic rings. The van der Waals surface area contributed by atoms with E-state index in [0.717, 1.165) is 13.0 Å². The third kappa shape index (κ3) is 2.25. The topological polar surface area (TPSA) is 40.9 Å². The fourth-order valence-electron chi connectivity index (χ4n) is 1.23. The summed E-state index contributed by atoms with van der Waals surface area (Å²) in [5, 5.41) is 8.61. The summed E-state index contributed by atoms with van der Waals surface area (Å²) in [5.74, 6) is -0.697. The van der Waals surface area contributed by atoms with E-state index in [1.807, 2.05) is 0 Å². The maximum absolute atomic E-state index is 12.7. The lowest BCUT2D eigenvalue weighted by atomic mass is 10.0. The van der Waals surface area contributed by atoms with Crippen LogP contribution in [-0.2, 0) is 6.18 Å². The van der Waals surface area contributed by atoms with Gasteiger partial charge in [-0.3, -0.25) is 4.79 Å². The maximum Gasteiger partial charge on any atom is 0.418 e. The number of alkyl halides is 3. The Labute approximate surface area is 97.8 Å². The molecule has 0 aliphatic heterocycles. The Morgan fingerprint density at radius 3 is 2.38 bits per heavy atom. The number of benzene rings is 1. The second-order valence-corrected chi connectivity index (χ2v) is 3.81. The monoisotopic (exact) mass is 291 g/mol. The van der Waals surface area contributed by atoms with Crippen LogP contribution in [0.25, 0.3) is 0 Å². The molecule has 0 spiro atoms. The standard InChI is InChI=1S/C10H5BrF3NO/c1-5(16)7-3-2-6(4-15)9(11)8(7)10(12,13)14/h2-3H,1H3. The Hall–Kier alpha value is -1.35. The van der Waals surface area contributed by atoms with Gasteiger partial charge in [0.05, 0.1) is 11.1 Å². The molecule has 0 heterocycles. The lowest BCUT2D eigenvalue weighted by Gasteiger charge is -2.13. The van der Waals surface area contributed by atoms with E-state index in [-0.39, 0.29) is 5.56 Å². The van der Waals surface area contributed by atoms with Gasteiger partial charge >= 0.3 is 6.18 Å². The molecule has 1 rings (SSSR count). The van der Waals surface area contributed by atoms with E-state index < -0.39 is 27.6 Å². The Morgan fingerprint density at radius 2 is 2.00 bits per heavy atom. The van der Waals surface area contributed by atoms with Gasteiger partial charge in [-0.1, -0.05) is 0 Å². The smallest absolute Gasteiger partial charge is 0.294 e. The zero-order valence-corrected chi connectivity index (χ0v) is 9.61. The molecule has 2 nitrogen and oxygen atoms in total. The van der Waals surface area contributed by atoms with Gasteiger partial charge in [-0.25, -0.2) is 0 Å². The molecule has 0 atom stereocenters. The zero-order chi connectivity index (χ0) is 12.5. The molecule has 6 heteroatoms. The molecule has 84 valence electrons. The minimum atomic E-state index is -4.67. The highest BCUT2D eigenvalue weighted by Crippen LogP contribution is 2.39. The number of hydrogen-bond acceptors (Lipinski definition) is 2. The van der Waals surface area contributed by atoms with Crippen LogP contribution in [0.5, 0.6) is 0 Å². The number of rotatable bonds is 1. The first-order valence-corrected chi connectivity index (χ1v) is 4.89. The summed E-state index contributed by atoms with van der Waals surface area (Å²) in [5.41, 5.74) is -1.70. The van der Waals surface area contributed by atoms with Crippen molar-refractivity contribution in [2.75, 3.05) is 0 Å². The molecular weight excluding hydrogens is 287 g/mol. The van der Waals surface area contributed by atoms with E-state index in [4.69, 9.17) is 5.26 Å². The lowest BCUT2D eigenvalue weighted by molar-refractivity contribution is -0.138. The third-order valence-corrected chi connectivity index (χ3v) is 2.75. The van der Waals surface area contributed by atoms with Crippen LogP contribution >= 0.6 is 15.9 Å². The molecule has 0 fully saturated rings. The summed E-state index contributed by atoms with van der Waals surface area (Å²) in [7, 11) is 0. The number of carbonyl (C=O) groups excluding carboxylic acids is 1. The van der Waals surface area contributed by atoms with Gasteiger partial charge in [-0.05, 0) is 35.0 Å². The molecule has 0 aliphatic rings. The molecule has 0 unspecified atom stereocenters. The fourth-order valence-corrected chi connectivity index (χ4v) is 1.89. The van der Waals surface area contributed by atoms with Crippen LogP contribution in [0.15, 0.2) is 16.6 Å². The second kappa shape index (κ2) is 4.26. The van der Waals surface area contributed by atoms with Crippen molar-refractivity contribution in [2.45, 2.75) is 13.1 Å². The van der Waals surface area contributed by atoms with Gasteiger partial charge in [0.2, 0.25) is 0 Å². The van der Waals surface area contributed by atoms with E-state index >= 15 is 0 Å². The molecule has 0 bridgehead atoms. The number of ketones is 1. The molecule has 0 amide bonds. The minimum Gasteiger partial charge on any atom is -0.294 e. The quantitative estimate of drug-likeness (QED) is 0.743. The van der Waals surface area contributed by atoms with Gasteiger partial charge in [-0.15, -0.1) is 0 Å². The number of nitriles is 1. The van der Waals surface area contributed by atoms with Crippen molar-refractivity contribution in [1.29, 1.82) is 5.26 Å². The Kier molecular flexibility index (Phi) is 3.38. The summed E-state index contributed by atoms with van der Waals surface area (Å²) < 4.78 is 37.7. The van der Waals surface area contributed by atoms with E-state index in [1.165, 1.54) is 6.07 Å². The molecule has 0 aromatic heterocycles. The van der Waals surface area contributed by atoms with Crippen molar-refractivity contribution in [3.8, 4) is 6.07 Å². The number of hydrogen-bond donors (Lipinski definition) is 0. The average molecular weight is 292 g/mol. The molecular formula is C10H5BrF3NO. The van der Waals surface area contributed by atoms with Crippen LogP contribution in [0.3, 0.4) is 0 Å². The third-order valence-electron chi connectivity index (χ3n) is 1.93. The molecule has 0 radical (unpaired) electrons. The highest BCUT2D eigenvalue weighted by molar-refractivity contribution is 9.10. The summed E-state index contributed by atoms with van der Waals surface area (Å²) >= 11 is 2.70. The summed E-state index contributed by atoms with van der Waals surface area (Å²) in [6.07, 6.45) is -4.67. The van der Waals surface area contributed by atoms with Crippen LogP contribution in [0.4, 0.5) is 13.2 Å². The molecule has 16 heavy (non-hydrogen) atoms. The van der Waals surface area contributed by atoms with Crippen LogP contribution in [-0.4, -0.2) is 5.78 Å². The second-order valence-electron chi connectivity index (χ2n) is 3.02. The lowest BCUT2D eigenvalue weighted by Crippen LogP contribution is -2.13. The summed E-state index contributed by atoms with van der Waals surface area (Å²) in [6, 6.07) is 3.80. The van der Waals surface area contributed by atoms with Gasteiger partial charge in [0.1, 0.15) is 6.07 Å². The molecule has 0 saturated carbocycles.